The summed E-state index contributed by atoms with van der Waals surface area (Å²) in [7, 11) is 0. The average Bonchev–Trinajstić information content (AvgIpc) is 2.96. The molecule has 0 radical (unpaired) electrons. The van der Waals surface area contributed by atoms with Gasteiger partial charge in [-0.1, -0.05) is 43.0 Å². The zero-order valence-corrected chi connectivity index (χ0v) is 13.2. The minimum atomic E-state index is 0.246. The zero-order chi connectivity index (χ0) is 14.7. The van der Waals surface area contributed by atoms with E-state index in [-0.39, 0.29) is 6.04 Å². The number of halogens is 1. The van der Waals surface area contributed by atoms with Crippen molar-refractivity contribution >= 4 is 17.5 Å². The van der Waals surface area contributed by atoms with Crippen LogP contribution in [-0.4, -0.2) is 15.6 Å². The normalized spacial score (nSPS) is 17.6. The van der Waals surface area contributed by atoms with Crippen LogP contribution in [0.3, 0.4) is 0 Å². The van der Waals surface area contributed by atoms with Crippen LogP contribution in [0.2, 0.25) is 5.02 Å². The SMILES string of the molecule is CC(c1ccc(Cl)cc1)n1ccnc1NC1CCCCC1. The van der Waals surface area contributed by atoms with Crippen LogP contribution in [0.25, 0.3) is 0 Å². The number of hydrogen-bond acceptors (Lipinski definition) is 2. The first-order chi connectivity index (χ1) is 10.2. The van der Waals surface area contributed by atoms with Crippen molar-refractivity contribution in [3.05, 3.63) is 47.2 Å². The first kappa shape index (κ1) is 14.5. The van der Waals surface area contributed by atoms with Gasteiger partial charge in [0, 0.05) is 23.5 Å². The number of rotatable bonds is 4. The van der Waals surface area contributed by atoms with Crippen molar-refractivity contribution in [2.45, 2.75) is 51.1 Å². The van der Waals surface area contributed by atoms with Gasteiger partial charge in [-0.3, -0.25) is 0 Å². The van der Waals surface area contributed by atoms with Crippen molar-refractivity contribution in [2.24, 2.45) is 0 Å². The summed E-state index contributed by atoms with van der Waals surface area (Å²) in [4.78, 5) is 4.50. The molecule has 0 aliphatic heterocycles. The smallest absolute Gasteiger partial charge is 0.203 e. The average molecular weight is 304 g/mol. The second kappa shape index (κ2) is 6.52. The fourth-order valence-corrected chi connectivity index (χ4v) is 3.19. The number of imidazole rings is 1. The highest BCUT2D eigenvalue weighted by molar-refractivity contribution is 6.30. The van der Waals surface area contributed by atoms with E-state index in [1.165, 1.54) is 37.7 Å². The van der Waals surface area contributed by atoms with Crippen molar-refractivity contribution in [3.8, 4) is 0 Å². The lowest BCUT2D eigenvalue weighted by Crippen LogP contribution is -2.25. The van der Waals surface area contributed by atoms with Crippen molar-refractivity contribution in [2.75, 3.05) is 5.32 Å². The predicted molar refractivity (Wildman–Crippen MR) is 88.0 cm³/mol. The van der Waals surface area contributed by atoms with Gasteiger partial charge in [0.1, 0.15) is 0 Å². The summed E-state index contributed by atoms with van der Waals surface area (Å²) in [6.07, 6.45) is 10.4. The van der Waals surface area contributed by atoms with Crippen LogP contribution in [0, 0.1) is 0 Å². The van der Waals surface area contributed by atoms with Crippen LogP contribution in [0.5, 0.6) is 0 Å². The molecule has 1 heterocycles. The highest BCUT2D eigenvalue weighted by Gasteiger charge is 2.17. The Morgan fingerprint density at radius 2 is 1.90 bits per heavy atom. The van der Waals surface area contributed by atoms with E-state index in [0.717, 1.165) is 11.0 Å². The first-order valence-electron chi connectivity index (χ1n) is 7.79. The third kappa shape index (κ3) is 3.41. The fraction of sp³-hybridized carbons (Fsp3) is 0.471. The molecule has 0 amide bonds. The quantitative estimate of drug-likeness (QED) is 0.871. The number of aromatic nitrogens is 2. The highest BCUT2D eigenvalue weighted by atomic mass is 35.5. The second-order valence-corrected chi connectivity index (χ2v) is 6.30. The van der Waals surface area contributed by atoms with Gasteiger partial charge in [-0.05, 0) is 37.5 Å². The lowest BCUT2D eigenvalue weighted by molar-refractivity contribution is 0.458. The first-order valence-corrected chi connectivity index (χ1v) is 8.16. The Labute approximate surface area is 131 Å². The molecule has 1 unspecified atom stereocenters. The molecular formula is C17H22ClN3. The molecule has 1 aliphatic rings. The third-order valence-electron chi connectivity index (χ3n) is 4.38. The van der Waals surface area contributed by atoms with Crippen LogP contribution in [-0.2, 0) is 0 Å². The maximum Gasteiger partial charge on any atom is 0.203 e. The third-order valence-corrected chi connectivity index (χ3v) is 4.63. The maximum absolute atomic E-state index is 5.97. The topological polar surface area (TPSA) is 29.9 Å². The Kier molecular flexibility index (Phi) is 4.49. The van der Waals surface area contributed by atoms with E-state index in [4.69, 9.17) is 11.6 Å². The summed E-state index contributed by atoms with van der Waals surface area (Å²) >= 11 is 5.97. The van der Waals surface area contributed by atoms with Gasteiger partial charge in [0.25, 0.3) is 0 Å². The molecule has 21 heavy (non-hydrogen) atoms. The molecule has 1 aromatic carbocycles. The Hall–Kier alpha value is -1.48. The standard InChI is InChI=1S/C17H22ClN3/c1-13(14-7-9-15(18)10-8-14)21-12-11-19-17(21)20-16-5-3-2-4-6-16/h7-13,16H,2-6H2,1H3,(H,19,20). The van der Waals surface area contributed by atoms with E-state index in [9.17, 15) is 0 Å². The molecule has 1 aliphatic carbocycles. The van der Waals surface area contributed by atoms with E-state index in [1.54, 1.807) is 0 Å². The van der Waals surface area contributed by atoms with E-state index in [1.807, 2.05) is 24.5 Å². The van der Waals surface area contributed by atoms with Gasteiger partial charge in [-0.15, -0.1) is 0 Å². The molecule has 3 rings (SSSR count). The molecule has 1 N–H and O–H groups in total. The van der Waals surface area contributed by atoms with E-state index >= 15 is 0 Å². The number of nitrogens with zero attached hydrogens (tertiary/aromatic N) is 2. The Balaban J connectivity index is 1.76. The van der Waals surface area contributed by atoms with Crippen LogP contribution in [0.1, 0.15) is 50.6 Å². The van der Waals surface area contributed by atoms with Gasteiger partial charge in [0.05, 0.1) is 6.04 Å². The lowest BCUT2D eigenvalue weighted by Gasteiger charge is -2.25. The molecule has 0 saturated heterocycles. The summed E-state index contributed by atoms with van der Waals surface area (Å²) in [6, 6.07) is 8.86. The summed E-state index contributed by atoms with van der Waals surface area (Å²) < 4.78 is 2.21. The number of benzene rings is 1. The maximum atomic E-state index is 5.97. The number of hydrogen-bond donors (Lipinski definition) is 1. The highest BCUT2D eigenvalue weighted by Crippen LogP contribution is 2.25. The van der Waals surface area contributed by atoms with Crippen LogP contribution in [0.15, 0.2) is 36.7 Å². The summed E-state index contributed by atoms with van der Waals surface area (Å²) in [5, 5.41) is 4.39. The molecule has 0 bridgehead atoms. The minimum Gasteiger partial charge on any atom is -0.353 e. The Morgan fingerprint density at radius 1 is 1.19 bits per heavy atom. The van der Waals surface area contributed by atoms with Crippen LogP contribution < -0.4 is 5.32 Å². The monoisotopic (exact) mass is 303 g/mol. The number of nitrogens with one attached hydrogen (secondary N) is 1. The fourth-order valence-electron chi connectivity index (χ4n) is 3.07. The van der Waals surface area contributed by atoms with Gasteiger partial charge in [0.2, 0.25) is 5.95 Å². The van der Waals surface area contributed by atoms with Crippen LogP contribution >= 0.6 is 11.6 Å². The lowest BCUT2D eigenvalue weighted by atomic mass is 9.96. The van der Waals surface area contributed by atoms with Crippen LogP contribution in [0.4, 0.5) is 5.95 Å². The number of anilines is 1. The van der Waals surface area contributed by atoms with Crippen molar-refractivity contribution < 1.29 is 0 Å². The Morgan fingerprint density at radius 3 is 2.62 bits per heavy atom. The molecule has 1 atom stereocenters. The molecule has 4 heteroatoms. The second-order valence-electron chi connectivity index (χ2n) is 5.86. The summed E-state index contributed by atoms with van der Waals surface area (Å²) in [5.74, 6) is 0.976. The van der Waals surface area contributed by atoms with Gasteiger partial charge >= 0.3 is 0 Å². The molecule has 2 aromatic rings. The van der Waals surface area contributed by atoms with Gasteiger partial charge in [-0.2, -0.15) is 0 Å². The van der Waals surface area contributed by atoms with Crippen molar-refractivity contribution in [1.29, 1.82) is 0 Å². The molecule has 1 fully saturated rings. The molecule has 112 valence electrons. The molecule has 1 aromatic heterocycles. The van der Waals surface area contributed by atoms with E-state index < -0.39 is 0 Å². The van der Waals surface area contributed by atoms with Crippen molar-refractivity contribution in [3.63, 3.8) is 0 Å². The Bertz CT molecular complexity index is 570. The van der Waals surface area contributed by atoms with E-state index in [0.29, 0.717) is 6.04 Å². The largest absolute Gasteiger partial charge is 0.353 e. The summed E-state index contributed by atoms with van der Waals surface area (Å²) in [6.45, 7) is 2.19. The van der Waals surface area contributed by atoms with Crippen molar-refractivity contribution in [1.82, 2.24) is 9.55 Å². The van der Waals surface area contributed by atoms with Gasteiger partial charge < -0.3 is 9.88 Å². The molecule has 0 spiro atoms. The molecule has 3 nitrogen and oxygen atoms in total. The van der Waals surface area contributed by atoms with Gasteiger partial charge in [-0.25, -0.2) is 4.98 Å². The molecular weight excluding hydrogens is 282 g/mol. The van der Waals surface area contributed by atoms with E-state index in [2.05, 4.69) is 33.9 Å². The molecule has 1 saturated carbocycles. The minimum absolute atomic E-state index is 0.246. The van der Waals surface area contributed by atoms with Gasteiger partial charge in [0.15, 0.2) is 0 Å². The predicted octanol–water partition coefficient (Wildman–Crippen LogP) is 4.89. The summed E-state index contributed by atoms with van der Waals surface area (Å²) in [5.41, 5.74) is 1.24. The zero-order valence-electron chi connectivity index (χ0n) is 12.4.